The first-order chi connectivity index (χ1) is 14.6. The lowest BCUT2D eigenvalue weighted by Gasteiger charge is -2.13. The summed E-state index contributed by atoms with van der Waals surface area (Å²) in [6.07, 6.45) is 1.61. The summed E-state index contributed by atoms with van der Waals surface area (Å²) in [6, 6.07) is 14.9. The molecule has 1 atom stereocenters. The average molecular weight is 421 g/mol. The summed E-state index contributed by atoms with van der Waals surface area (Å²) in [7, 11) is 0. The average Bonchev–Trinajstić information content (AvgIpc) is 3.34. The van der Waals surface area contributed by atoms with Crippen molar-refractivity contribution in [3.05, 3.63) is 77.0 Å². The Hall–Kier alpha value is -3.46. The van der Waals surface area contributed by atoms with E-state index in [-0.39, 0.29) is 23.9 Å². The van der Waals surface area contributed by atoms with Gasteiger partial charge in [0.15, 0.2) is 10.8 Å². The molecular weight excluding hydrogens is 405 g/mol. The molecule has 0 unspecified atom stereocenters. The van der Waals surface area contributed by atoms with E-state index in [1.54, 1.807) is 15.3 Å². The second-order valence-electron chi connectivity index (χ2n) is 6.93. The first-order valence-corrected chi connectivity index (χ1v) is 10.3. The zero-order chi connectivity index (χ0) is 20.7. The van der Waals surface area contributed by atoms with Crippen LogP contribution < -0.4 is 10.9 Å². The molecule has 4 aromatic rings. The minimum atomic E-state index is -0.423. The van der Waals surface area contributed by atoms with Gasteiger partial charge in [-0.05, 0) is 30.3 Å². The predicted octanol–water partition coefficient (Wildman–Crippen LogP) is 3.40. The molecule has 2 aromatic heterocycles. The number of nitrogens with zero attached hydrogens (tertiary/aromatic N) is 4. The van der Waals surface area contributed by atoms with Crippen molar-refractivity contribution in [3.8, 4) is 5.69 Å². The van der Waals surface area contributed by atoms with Crippen molar-refractivity contribution in [2.45, 2.75) is 17.6 Å². The first kappa shape index (κ1) is 18.6. The van der Waals surface area contributed by atoms with Crippen LogP contribution in [0, 0.1) is 5.82 Å². The number of benzene rings is 2. The second kappa shape index (κ2) is 7.42. The zero-order valence-electron chi connectivity index (χ0n) is 15.7. The molecule has 0 radical (unpaired) electrons. The lowest BCUT2D eigenvalue weighted by molar-refractivity contribution is -0.116. The van der Waals surface area contributed by atoms with Crippen LogP contribution in [0.2, 0.25) is 0 Å². The Morgan fingerprint density at radius 2 is 2.03 bits per heavy atom. The molecule has 5 rings (SSSR count). The highest BCUT2D eigenvalue weighted by atomic mass is 32.2. The number of thioether (sulfide) groups is 1. The Kier molecular flexibility index (Phi) is 4.59. The molecule has 30 heavy (non-hydrogen) atoms. The number of rotatable bonds is 4. The van der Waals surface area contributed by atoms with Gasteiger partial charge in [0.2, 0.25) is 5.91 Å². The summed E-state index contributed by atoms with van der Waals surface area (Å²) >= 11 is 1.43. The number of halogens is 1. The van der Waals surface area contributed by atoms with Gasteiger partial charge in [0.25, 0.3) is 5.56 Å². The number of anilines is 1. The maximum Gasteiger partial charge on any atom is 0.265 e. The summed E-state index contributed by atoms with van der Waals surface area (Å²) in [5.74, 6) is -0.150. The van der Waals surface area contributed by atoms with Crippen molar-refractivity contribution < 1.29 is 9.18 Å². The number of para-hydroxylation sites is 1. The zero-order valence-corrected chi connectivity index (χ0v) is 16.5. The number of hydrogen-bond donors (Lipinski definition) is 1. The van der Waals surface area contributed by atoms with E-state index in [1.165, 1.54) is 36.2 Å². The third-order valence-electron chi connectivity index (χ3n) is 4.90. The maximum absolute atomic E-state index is 13.3. The SMILES string of the molecule is O=C(C[C@@H]1CSc2nc3c(cnn3-c3ccccc3)c(=O)n21)Nc1cccc(F)c1. The van der Waals surface area contributed by atoms with Gasteiger partial charge in [-0.15, -0.1) is 0 Å². The van der Waals surface area contributed by atoms with E-state index < -0.39 is 5.82 Å². The molecule has 0 fully saturated rings. The fourth-order valence-electron chi connectivity index (χ4n) is 3.53. The van der Waals surface area contributed by atoms with Gasteiger partial charge < -0.3 is 5.32 Å². The lowest BCUT2D eigenvalue weighted by Crippen LogP contribution is -2.27. The molecule has 0 saturated heterocycles. The van der Waals surface area contributed by atoms with Crippen LogP contribution >= 0.6 is 11.8 Å². The molecule has 7 nitrogen and oxygen atoms in total. The monoisotopic (exact) mass is 421 g/mol. The Morgan fingerprint density at radius 3 is 2.83 bits per heavy atom. The van der Waals surface area contributed by atoms with Crippen LogP contribution in [0.4, 0.5) is 10.1 Å². The van der Waals surface area contributed by atoms with Gasteiger partial charge in [-0.3, -0.25) is 14.2 Å². The molecule has 1 N–H and O–H groups in total. The maximum atomic E-state index is 13.3. The molecule has 150 valence electrons. The molecule has 9 heteroatoms. The molecule has 0 bridgehead atoms. The van der Waals surface area contributed by atoms with Crippen molar-refractivity contribution in [3.63, 3.8) is 0 Å². The third kappa shape index (κ3) is 3.26. The number of amides is 1. The summed E-state index contributed by atoms with van der Waals surface area (Å²) < 4.78 is 16.5. The van der Waals surface area contributed by atoms with E-state index in [9.17, 15) is 14.0 Å². The Morgan fingerprint density at radius 1 is 1.20 bits per heavy atom. The number of fused-ring (bicyclic) bond motifs is 2. The fraction of sp³-hybridized carbons (Fsp3) is 0.143. The summed E-state index contributed by atoms with van der Waals surface area (Å²) in [5.41, 5.74) is 1.48. The highest BCUT2D eigenvalue weighted by molar-refractivity contribution is 7.99. The van der Waals surface area contributed by atoms with Gasteiger partial charge >= 0.3 is 0 Å². The number of hydrogen-bond acceptors (Lipinski definition) is 5. The molecule has 0 spiro atoms. The van der Waals surface area contributed by atoms with Crippen LogP contribution in [0.25, 0.3) is 16.7 Å². The summed E-state index contributed by atoms with van der Waals surface area (Å²) in [4.78, 5) is 30.2. The van der Waals surface area contributed by atoms with Crippen LogP contribution in [0.3, 0.4) is 0 Å². The molecule has 0 aliphatic carbocycles. The minimum absolute atomic E-state index is 0.0937. The van der Waals surface area contributed by atoms with Crippen LogP contribution in [-0.4, -0.2) is 31.0 Å². The van der Waals surface area contributed by atoms with E-state index in [4.69, 9.17) is 0 Å². The van der Waals surface area contributed by atoms with Crippen molar-refractivity contribution >= 4 is 34.4 Å². The van der Waals surface area contributed by atoms with Crippen LogP contribution in [0.5, 0.6) is 0 Å². The van der Waals surface area contributed by atoms with Crippen molar-refractivity contribution in [1.82, 2.24) is 19.3 Å². The van der Waals surface area contributed by atoms with Crippen LogP contribution in [0.1, 0.15) is 12.5 Å². The Labute approximate surface area is 174 Å². The molecule has 1 aliphatic heterocycles. The quantitative estimate of drug-likeness (QED) is 0.511. The highest BCUT2D eigenvalue weighted by Gasteiger charge is 2.29. The summed E-state index contributed by atoms with van der Waals surface area (Å²) in [5, 5.41) is 7.98. The molecule has 3 heterocycles. The molecule has 1 amide bonds. The van der Waals surface area contributed by atoms with Gasteiger partial charge in [-0.2, -0.15) is 5.10 Å². The second-order valence-corrected chi connectivity index (χ2v) is 7.91. The van der Waals surface area contributed by atoms with Crippen LogP contribution in [0.15, 0.2) is 70.7 Å². The minimum Gasteiger partial charge on any atom is -0.326 e. The Balaban J connectivity index is 1.45. The fourth-order valence-corrected chi connectivity index (χ4v) is 4.66. The normalized spacial score (nSPS) is 15.3. The van der Waals surface area contributed by atoms with Crippen molar-refractivity contribution in [1.29, 1.82) is 0 Å². The van der Waals surface area contributed by atoms with Crippen molar-refractivity contribution in [2.24, 2.45) is 0 Å². The molecular formula is C21H16FN5O2S. The van der Waals surface area contributed by atoms with E-state index in [0.29, 0.717) is 27.6 Å². The summed E-state index contributed by atoms with van der Waals surface area (Å²) in [6.45, 7) is 0. The molecule has 1 aliphatic rings. The standard InChI is InChI=1S/C21H16FN5O2S/c22-13-5-4-6-14(9-13)24-18(28)10-16-12-30-21-25-19-17(20(29)26(16)21)11-23-27(19)15-7-2-1-3-8-15/h1-9,11,16H,10,12H2,(H,24,28)/t16-/m1/s1. The number of carbonyl (C=O) groups excluding carboxylic acids is 1. The van der Waals surface area contributed by atoms with E-state index in [2.05, 4.69) is 15.4 Å². The first-order valence-electron chi connectivity index (χ1n) is 9.34. The predicted molar refractivity (Wildman–Crippen MR) is 113 cm³/mol. The van der Waals surface area contributed by atoms with Crippen molar-refractivity contribution in [2.75, 3.05) is 11.1 Å². The molecule has 0 saturated carbocycles. The van der Waals surface area contributed by atoms with Gasteiger partial charge in [-0.25, -0.2) is 14.1 Å². The highest BCUT2D eigenvalue weighted by Crippen LogP contribution is 2.33. The van der Waals surface area contributed by atoms with Gasteiger partial charge in [-0.1, -0.05) is 36.0 Å². The van der Waals surface area contributed by atoms with Gasteiger partial charge in [0, 0.05) is 17.9 Å². The van der Waals surface area contributed by atoms with Crippen LogP contribution in [-0.2, 0) is 4.79 Å². The smallest absolute Gasteiger partial charge is 0.265 e. The lowest BCUT2D eigenvalue weighted by atomic mass is 10.2. The van der Waals surface area contributed by atoms with E-state index >= 15 is 0 Å². The molecule has 2 aromatic carbocycles. The topological polar surface area (TPSA) is 81.8 Å². The largest absolute Gasteiger partial charge is 0.326 e. The number of carbonyl (C=O) groups is 1. The van der Waals surface area contributed by atoms with E-state index in [0.717, 1.165) is 5.69 Å². The van der Waals surface area contributed by atoms with Gasteiger partial charge in [0.05, 0.1) is 17.9 Å². The van der Waals surface area contributed by atoms with Gasteiger partial charge in [0.1, 0.15) is 11.2 Å². The number of aromatic nitrogens is 4. The van der Waals surface area contributed by atoms with E-state index in [1.807, 2.05) is 30.3 Å². The third-order valence-corrected chi connectivity index (χ3v) is 6.00. The Bertz CT molecular complexity index is 1320. The number of nitrogens with one attached hydrogen (secondary N) is 1.